The van der Waals surface area contributed by atoms with Crippen LogP contribution < -0.4 is 14.8 Å². The zero-order valence-corrected chi connectivity index (χ0v) is 17.9. The minimum atomic E-state index is -0.160. The monoisotopic (exact) mass is 420 g/mol. The SMILES string of the molecule is CCN(CC)C(CNC(=O)c1cn[nH]c1-c1ccc2c(c1)OCCO2)c1ccccc1. The number of likely N-dealkylation sites (N-methyl/N-ethyl adjacent to an activating group) is 1. The molecule has 1 unspecified atom stereocenters. The van der Waals surface area contributed by atoms with Crippen molar-refractivity contribution in [2.24, 2.45) is 0 Å². The molecule has 1 atom stereocenters. The fraction of sp³-hybridized carbons (Fsp3) is 0.333. The highest BCUT2D eigenvalue weighted by Crippen LogP contribution is 2.34. The van der Waals surface area contributed by atoms with Crippen molar-refractivity contribution in [1.82, 2.24) is 20.4 Å². The molecule has 1 aliphatic rings. The number of carbonyl (C=O) groups is 1. The van der Waals surface area contributed by atoms with Crippen LogP contribution in [0, 0.1) is 0 Å². The lowest BCUT2D eigenvalue weighted by Crippen LogP contribution is -2.38. The molecule has 162 valence electrons. The molecule has 0 spiro atoms. The van der Waals surface area contributed by atoms with Gasteiger partial charge in [-0.1, -0.05) is 44.2 Å². The van der Waals surface area contributed by atoms with Gasteiger partial charge < -0.3 is 14.8 Å². The number of hydrogen-bond acceptors (Lipinski definition) is 5. The van der Waals surface area contributed by atoms with Gasteiger partial charge in [-0.3, -0.25) is 14.8 Å². The standard InChI is InChI=1S/C24H28N4O3/c1-3-28(4-2)20(17-8-6-5-7-9-17)16-25-24(29)19-15-26-27-23(19)18-10-11-21-22(14-18)31-13-12-30-21/h5-11,14-15,20H,3-4,12-13,16H2,1-2H3,(H,25,29)(H,26,27). The smallest absolute Gasteiger partial charge is 0.255 e. The zero-order valence-electron chi connectivity index (χ0n) is 17.9. The van der Waals surface area contributed by atoms with Crippen LogP contribution in [-0.4, -0.2) is 53.9 Å². The average molecular weight is 421 g/mol. The van der Waals surface area contributed by atoms with E-state index >= 15 is 0 Å². The molecule has 2 N–H and O–H groups in total. The number of fused-ring (bicyclic) bond motifs is 1. The van der Waals surface area contributed by atoms with E-state index in [4.69, 9.17) is 9.47 Å². The Balaban J connectivity index is 1.52. The van der Waals surface area contributed by atoms with Crippen LogP contribution in [0.15, 0.2) is 54.7 Å². The van der Waals surface area contributed by atoms with Gasteiger partial charge in [0, 0.05) is 12.1 Å². The largest absolute Gasteiger partial charge is 0.486 e. The summed E-state index contributed by atoms with van der Waals surface area (Å²) in [5.41, 5.74) is 3.18. The van der Waals surface area contributed by atoms with Crippen LogP contribution >= 0.6 is 0 Å². The number of aromatic nitrogens is 2. The molecule has 0 fully saturated rings. The van der Waals surface area contributed by atoms with Crippen molar-refractivity contribution < 1.29 is 14.3 Å². The van der Waals surface area contributed by atoms with Gasteiger partial charge in [0.25, 0.3) is 5.91 Å². The summed E-state index contributed by atoms with van der Waals surface area (Å²) in [5.74, 6) is 1.23. The maximum absolute atomic E-state index is 13.1. The van der Waals surface area contributed by atoms with Gasteiger partial charge in [0.05, 0.1) is 23.5 Å². The van der Waals surface area contributed by atoms with Crippen molar-refractivity contribution in [1.29, 1.82) is 0 Å². The number of benzene rings is 2. The highest BCUT2D eigenvalue weighted by molar-refractivity contribution is 5.99. The molecule has 3 aromatic rings. The first-order chi connectivity index (χ1) is 15.2. The summed E-state index contributed by atoms with van der Waals surface area (Å²) in [6, 6.07) is 16.0. The molecule has 2 aromatic carbocycles. The second-order valence-electron chi connectivity index (χ2n) is 7.37. The number of amides is 1. The molecule has 4 rings (SSSR count). The number of hydrogen-bond donors (Lipinski definition) is 2. The quantitative estimate of drug-likeness (QED) is 0.581. The Kier molecular flexibility index (Phi) is 6.52. The van der Waals surface area contributed by atoms with Crippen LogP contribution in [0.4, 0.5) is 0 Å². The number of nitrogens with one attached hydrogen (secondary N) is 2. The Morgan fingerprint density at radius 2 is 1.84 bits per heavy atom. The average Bonchev–Trinajstić information content (AvgIpc) is 3.32. The number of nitrogens with zero attached hydrogens (tertiary/aromatic N) is 2. The number of carbonyl (C=O) groups excluding carboxylic acids is 1. The summed E-state index contributed by atoms with van der Waals surface area (Å²) >= 11 is 0. The van der Waals surface area contributed by atoms with Gasteiger partial charge in [0.1, 0.15) is 13.2 Å². The number of aromatic amines is 1. The minimum Gasteiger partial charge on any atom is -0.486 e. The predicted octanol–water partition coefficient (Wildman–Crippen LogP) is 3.66. The Labute approximate surface area is 182 Å². The summed E-state index contributed by atoms with van der Waals surface area (Å²) in [5, 5.41) is 10.2. The molecule has 1 amide bonds. The molecule has 1 aliphatic heterocycles. The summed E-state index contributed by atoms with van der Waals surface area (Å²) in [7, 11) is 0. The fourth-order valence-corrected chi connectivity index (χ4v) is 3.96. The van der Waals surface area contributed by atoms with E-state index in [0.717, 1.165) is 18.7 Å². The number of ether oxygens (including phenoxy) is 2. The normalized spacial score (nSPS) is 13.8. The van der Waals surface area contributed by atoms with Gasteiger partial charge in [-0.25, -0.2) is 0 Å². The van der Waals surface area contributed by atoms with E-state index in [0.29, 0.717) is 42.5 Å². The second kappa shape index (κ2) is 9.66. The molecule has 2 heterocycles. The van der Waals surface area contributed by atoms with Crippen LogP contribution in [0.2, 0.25) is 0 Å². The van der Waals surface area contributed by atoms with Gasteiger partial charge in [-0.05, 0) is 36.9 Å². The summed E-state index contributed by atoms with van der Waals surface area (Å²) < 4.78 is 11.3. The van der Waals surface area contributed by atoms with E-state index in [1.54, 1.807) is 6.20 Å². The van der Waals surface area contributed by atoms with Gasteiger partial charge >= 0.3 is 0 Å². The molecule has 0 bridgehead atoms. The van der Waals surface area contributed by atoms with E-state index in [9.17, 15) is 4.79 Å². The lowest BCUT2D eigenvalue weighted by molar-refractivity contribution is 0.0935. The van der Waals surface area contributed by atoms with Crippen molar-refractivity contribution in [3.63, 3.8) is 0 Å². The molecule has 0 saturated heterocycles. The number of rotatable bonds is 8. The number of H-pyrrole nitrogens is 1. The fourth-order valence-electron chi connectivity index (χ4n) is 3.96. The van der Waals surface area contributed by atoms with Crippen LogP contribution in [0.3, 0.4) is 0 Å². The third-order valence-electron chi connectivity index (χ3n) is 5.61. The van der Waals surface area contributed by atoms with E-state index in [1.807, 2.05) is 36.4 Å². The first kappa shape index (κ1) is 20.9. The third kappa shape index (κ3) is 4.56. The molecule has 0 aliphatic carbocycles. The molecule has 0 radical (unpaired) electrons. The Morgan fingerprint density at radius 3 is 2.58 bits per heavy atom. The van der Waals surface area contributed by atoms with Crippen molar-refractivity contribution in [3.05, 3.63) is 65.9 Å². The lowest BCUT2D eigenvalue weighted by atomic mass is 10.0. The van der Waals surface area contributed by atoms with Crippen molar-refractivity contribution in [2.75, 3.05) is 32.8 Å². The van der Waals surface area contributed by atoms with E-state index in [2.05, 4.69) is 46.4 Å². The van der Waals surface area contributed by atoms with Gasteiger partial charge in [0.2, 0.25) is 0 Å². The van der Waals surface area contributed by atoms with E-state index < -0.39 is 0 Å². The van der Waals surface area contributed by atoms with E-state index in [-0.39, 0.29) is 11.9 Å². The zero-order chi connectivity index (χ0) is 21.6. The molecular weight excluding hydrogens is 392 g/mol. The van der Waals surface area contributed by atoms with Crippen molar-refractivity contribution in [2.45, 2.75) is 19.9 Å². The molecule has 7 heteroatoms. The highest BCUT2D eigenvalue weighted by atomic mass is 16.6. The van der Waals surface area contributed by atoms with Gasteiger partial charge in [0.15, 0.2) is 11.5 Å². The van der Waals surface area contributed by atoms with Crippen LogP contribution in [0.1, 0.15) is 35.8 Å². The first-order valence-corrected chi connectivity index (χ1v) is 10.7. The van der Waals surface area contributed by atoms with Crippen LogP contribution in [0.5, 0.6) is 11.5 Å². The molecule has 0 saturated carbocycles. The maximum Gasteiger partial charge on any atom is 0.255 e. The predicted molar refractivity (Wildman–Crippen MR) is 119 cm³/mol. The van der Waals surface area contributed by atoms with Gasteiger partial charge in [-0.2, -0.15) is 5.10 Å². The Bertz CT molecular complexity index is 1010. The molecule has 1 aromatic heterocycles. The van der Waals surface area contributed by atoms with Crippen molar-refractivity contribution in [3.8, 4) is 22.8 Å². The Hall–Kier alpha value is -3.32. The maximum atomic E-state index is 13.1. The summed E-state index contributed by atoms with van der Waals surface area (Å²) in [4.78, 5) is 15.4. The minimum absolute atomic E-state index is 0.102. The Morgan fingerprint density at radius 1 is 1.10 bits per heavy atom. The second-order valence-corrected chi connectivity index (χ2v) is 7.37. The van der Waals surface area contributed by atoms with Crippen molar-refractivity contribution >= 4 is 5.91 Å². The van der Waals surface area contributed by atoms with E-state index in [1.165, 1.54) is 5.56 Å². The molecule has 31 heavy (non-hydrogen) atoms. The van der Waals surface area contributed by atoms with Crippen LogP contribution in [-0.2, 0) is 0 Å². The topological polar surface area (TPSA) is 79.5 Å². The molecular formula is C24H28N4O3. The van der Waals surface area contributed by atoms with Gasteiger partial charge in [-0.15, -0.1) is 0 Å². The summed E-state index contributed by atoms with van der Waals surface area (Å²) in [6.45, 7) is 7.64. The van der Waals surface area contributed by atoms with Crippen LogP contribution in [0.25, 0.3) is 11.3 Å². The first-order valence-electron chi connectivity index (χ1n) is 10.7. The third-order valence-corrected chi connectivity index (χ3v) is 5.61. The summed E-state index contributed by atoms with van der Waals surface area (Å²) in [6.07, 6.45) is 1.57. The highest BCUT2D eigenvalue weighted by Gasteiger charge is 2.22. The molecule has 7 nitrogen and oxygen atoms in total. The lowest BCUT2D eigenvalue weighted by Gasteiger charge is -2.30.